The van der Waals surface area contributed by atoms with Crippen molar-refractivity contribution in [1.82, 2.24) is 30.0 Å². The molecule has 23 heavy (non-hydrogen) atoms. The van der Waals surface area contributed by atoms with E-state index in [1.165, 1.54) is 5.69 Å². The van der Waals surface area contributed by atoms with Gasteiger partial charge in [0.25, 0.3) is 0 Å². The summed E-state index contributed by atoms with van der Waals surface area (Å²) in [5.74, 6) is 1.61. The number of imidazole rings is 1. The number of rotatable bonds is 3. The van der Waals surface area contributed by atoms with Gasteiger partial charge in [-0.2, -0.15) is 5.10 Å². The number of nitrogens with zero attached hydrogens (tertiary/aromatic N) is 4. The molecule has 6 nitrogen and oxygen atoms in total. The molecule has 0 spiro atoms. The minimum Gasteiger partial charge on any atom is -0.348 e. The maximum Gasteiger partial charge on any atom is 0.181 e. The van der Waals surface area contributed by atoms with Crippen LogP contribution in [-0.2, 0) is 13.0 Å². The van der Waals surface area contributed by atoms with E-state index < -0.39 is 0 Å². The summed E-state index contributed by atoms with van der Waals surface area (Å²) in [6.45, 7) is 3.72. The van der Waals surface area contributed by atoms with Crippen LogP contribution in [0.15, 0.2) is 30.6 Å². The van der Waals surface area contributed by atoms with Crippen molar-refractivity contribution in [3.8, 4) is 11.4 Å². The minimum atomic E-state index is -0.0292. The Balaban J connectivity index is 1.77. The van der Waals surface area contributed by atoms with E-state index in [1.807, 2.05) is 28.9 Å². The van der Waals surface area contributed by atoms with Gasteiger partial charge in [0.2, 0.25) is 0 Å². The van der Waals surface area contributed by atoms with Gasteiger partial charge in [-0.3, -0.25) is 0 Å². The second kappa shape index (κ2) is 5.79. The summed E-state index contributed by atoms with van der Waals surface area (Å²) < 4.78 is 1.94. The van der Waals surface area contributed by atoms with Crippen molar-refractivity contribution < 1.29 is 0 Å². The van der Waals surface area contributed by atoms with Gasteiger partial charge in [0.1, 0.15) is 6.04 Å². The summed E-state index contributed by atoms with van der Waals surface area (Å²) >= 11 is 5.96. The van der Waals surface area contributed by atoms with Crippen LogP contribution in [0.5, 0.6) is 0 Å². The Morgan fingerprint density at radius 2 is 2.13 bits per heavy atom. The molecule has 1 atom stereocenters. The zero-order chi connectivity index (χ0) is 15.8. The fraction of sp³-hybridized carbons (Fsp3) is 0.312. The van der Waals surface area contributed by atoms with E-state index in [4.69, 9.17) is 16.6 Å². The third kappa shape index (κ3) is 2.54. The molecule has 3 heterocycles. The van der Waals surface area contributed by atoms with E-state index in [-0.39, 0.29) is 6.04 Å². The van der Waals surface area contributed by atoms with Crippen LogP contribution in [0, 0.1) is 0 Å². The Bertz CT molecular complexity index is 819. The first kappa shape index (κ1) is 14.4. The molecule has 0 saturated heterocycles. The molecular weight excluding hydrogens is 312 g/mol. The number of H-pyrrole nitrogens is 1. The molecule has 118 valence electrons. The molecule has 0 fully saturated rings. The van der Waals surface area contributed by atoms with E-state index in [9.17, 15) is 0 Å². The minimum absolute atomic E-state index is 0.0292. The van der Waals surface area contributed by atoms with Gasteiger partial charge in [-0.15, -0.1) is 0 Å². The van der Waals surface area contributed by atoms with Crippen LogP contribution in [0.1, 0.15) is 30.2 Å². The summed E-state index contributed by atoms with van der Waals surface area (Å²) in [6.07, 6.45) is 2.70. The first-order valence-electron chi connectivity index (χ1n) is 7.72. The summed E-state index contributed by atoms with van der Waals surface area (Å²) in [5, 5.41) is 8.85. The SMILES string of the molecule is CCn1nc(-c2ccc(Cl)cc2)nc1C1NCCc2[nH]cnc21. The van der Waals surface area contributed by atoms with Gasteiger partial charge in [-0.05, 0) is 31.2 Å². The second-order valence-corrected chi connectivity index (χ2v) is 5.96. The van der Waals surface area contributed by atoms with Gasteiger partial charge in [0, 0.05) is 35.8 Å². The monoisotopic (exact) mass is 328 g/mol. The highest BCUT2D eigenvalue weighted by molar-refractivity contribution is 6.30. The van der Waals surface area contributed by atoms with Crippen molar-refractivity contribution >= 4 is 11.6 Å². The van der Waals surface area contributed by atoms with Crippen molar-refractivity contribution in [2.75, 3.05) is 6.54 Å². The molecule has 2 aromatic heterocycles. The van der Waals surface area contributed by atoms with E-state index in [2.05, 4.69) is 27.3 Å². The summed E-state index contributed by atoms with van der Waals surface area (Å²) in [7, 11) is 0. The predicted molar refractivity (Wildman–Crippen MR) is 88.3 cm³/mol. The number of benzene rings is 1. The number of aryl methyl sites for hydroxylation is 1. The fourth-order valence-electron chi connectivity index (χ4n) is 2.95. The molecule has 2 N–H and O–H groups in total. The summed E-state index contributed by atoms with van der Waals surface area (Å²) in [6, 6.07) is 7.56. The third-order valence-electron chi connectivity index (χ3n) is 4.11. The number of nitrogens with one attached hydrogen (secondary N) is 2. The number of halogens is 1. The van der Waals surface area contributed by atoms with Crippen LogP contribution < -0.4 is 5.32 Å². The summed E-state index contributed by atoms with van der Waals surface area (Å²) in [5.41, 5.74) is 3.15. The normalized spacial score (nSPS) is 17.2. The van der Waals surface area contributed by atoms with Crippen molar-refractivity contribution in [1.29, 1.82) is 0 Å². The quantitative estimate of drug-likeness (QED) is 0.775. The number of hydrogen-bond acceptors (Lipinski definition) is 4. The molecular formula is C16H17ClN6. The molecule has 1 aliphatic rings. The van der Waals surface area contributed by atoms with Gasteiger partial charge < -0.3 is 10.3 Å². The molecule has 0 aliphatic carbocycles. The lowest BCUT2D eigenvalue weighted by atomic mass is 10.1. The van der Waals surface area contributed by atoms with Crippen molar-refractivity contribution in [3.05, 3.63) is 52.8 Å². The molecule has 0 amide bonds. The molecule has 7 heteroatoms. The van der Waals surface area contributed by atoms with Gasteiger partial charge in [0.15, 0.2) is 11.6 Å². The van der Waals surface area contributed by atoms with Crippen molar-refractivity contribution in [3.63, 3.8) is 0 Å². The number of hydrogen-bond donors (Lipinski definition) is 2. The van der Waals surface area contributed by atoms with Crippen molar-refractivity contribution in [2.45, 2.75) is 25.9 Å². The molecule has 0 bridgehead atoms. The molecule has 0 radical (unpaired) electrons. The van der Waals surface area contributed by atoms with Crippen LogP contribution in [0.2, 0.25) is 5.02 Å². The molecule has 1 aromatic carbocycles. The van der Waals surface area contributed by atoms with Gasteiger partial charge in [0.05, 0.1) is 12.0 Å². The number of aromatic amines is 1. The second-order valence-electron chi connectivity index (χ2n) is 5.52. The lowest BCUT2D eigenvalue weighted by Crippen LogP contribution is -2.32. The smallest absolute Gasteiger partial charge is 0.181 e. The van der Waals surface area contributed by atoms with Crippen LogP contribution in [0.4, 0.5) is 0 Å². The maximum absolute atomic E-state index is 5.96. The lowest BCUT2D eigenvalue weighted by molar-refractivity contribution is 0.491. The molecule has 4 rings (SSSR count). The predicted octanol–water partition coefficient (Wildman–Crippen LogP) is 2.58. The Morgan fingerprint density at radius 3 is 2.91 bits per heavy atom. The van der Waals surface area contributed by atoms with Crippen molar-refractivity contribution in [2.24, 2.45) is 0 Å². The Hall–Kier alpha value is -2.18. The highest BCUT2D eigenvalue weighted by atomic mass is 35.5. The van der Waals surface area contributed by atoms with Gasteiger partial charge >= 0.3 is 0 Å². The average molecular weight is 329 g/mol. The fourth-order valence-corrected chi connectivity index (χ4v) is 3.08. The third-order valence-corrected chi connectivity index (χ3v) is 4.36. The largest absolute Gasteiger partial charge is 0.348 e. The Kier molecular flexibility index (Phi) is 3.63. The van der Waals surface area contributed by atoms with E-state index in [0.29, 0.717) is 10.8 Å². The maximum atomic E-state index is 5.96. The molecule has 1 unspecified atom stereocenters. The first-order valence-corrected chi connectivity index (χ1v) is 8.10. The zero-order valence-corrected chi connectivity index (χ0v) is 13.5. The van der Waals surface area contributed by atoms with E-state index in [1.54, 1.807) is 6.33 Å². The topological polar surface area (TPSA) is 71.4 Å². The Labute approximate surface area is 138 Å². The van der Waals surface area contributed by atoms with E-state index in [0.717, 1.165) is 36.6 Å². The van der Waals surface area contributed by atoms with E-state index >= 15 is 0 Å². The standard InChI is InChI=1S/C16H17ClN6/c1-2-23-16(14-13-12(7-8-18-14)19-9-20-13)21-15(22-23)10-3-5-11(17)6-4-10/h3-6,9,14,18H,2,7-8H2,1H3,(H,19,20). The number of aromatic nitrogens is 5. The van der Waals surface area contributed by atoms with Crippen LogP contribution in [-0.4, -0.2) is 31.3 Å². The molecule has 3 aromatic rings. The number of fused-ring (bicyclic) bond motifs is 1. The average Bonchev–Trinajstić information content (AvgIpc) is 3.21. The van der Waals surface area contributed by atoms with Crippen LogP contribution >= 0.6 is 11.6 Å². The highest BCUT2D eigenvalue weighted by Crippen LogP contribution is 2.27. The van der Waals surface area contributed by atoms with Crippen LogP contribution in [0.25, 0.3) is 11.4 Å². The van der Waals surface area contributed by atoms with Gasteiger partial charge in [-0.25, -0.2) is 14.6 Å². The summed E-state index contributed by atoms with van der Waals surface area (Å²) in [4.78, 5) is 12.5. The Morgan fingerprint density at radius 1 is 1.30 bits per heavy atom. The van der Waals surface area contributed by atoms with Crippen LogP contribution in [0.3, 0.4) is 0 Å². The first-order chi connectivity index (χ1) is 11.3. The highest BCUT2D eigenvalue weighted by Gasteiger charge is 2.28. The lowest BCUT2D eigenvalue weighted by Gasteiger charge is -2.22. The molecule has 1 aliphatic heterocycles. The zero-order valence-electron chi connectivity index (χ0n) is 12.8. The van der Waals surface area contributed by atoms with Gasteiger partial charge in [-0.1, -0.05) is 11.6 Å². The molecule has 0 saturated carbocycles.